The van der Waals surface area contributed by atoms with Crippen LogP contribution in [0.5, 0.6) is 11.5 Å². The summed E-state index contributed by atoms with van der Waals surface area (Å²) in [4.78, 5) is 45.8. The maximum Gasteiger partial charge on any atom is 0.338 e. The molecule has 0 aliphatic rings. The summed E-state index contributed by atoms with van der Waals surface area (Å²) in [6.07, 6.45) is 0. The number of aromatic hydroxyl groups is 1. The van der Waals surface area contributed by atoms with Gasteiger partial charge in [0.05, 0.1) is 36.5 Å². The fourth-order valence-corrected chi connectivity index (χ4v) is 2.34. The zero-order chi connectivity index (χ0) is 25.3. The third kappa shape index (κ3) is 7.47. The van der Waals surface area contributed by atoms with Crippen LogP contribution in [0.4, 0.5) is 0 Å². The minimum Gasteiger partial charge on any atom is -0.508 e. The first-order valence-electron chi connectivity index (χ1n) is 8.92. The molecule has 2 aromatic carbocycles. The molecule has 0 bridgehead atoms. The highest BCUT2D eigenvalue weighted by molar-refractivity contribution is 7.80. The van der Waals surface area contributed by atoms with E-state index in [1.807, 2.05) is 0 Å². The Morgan fingerprint density at radius 1 is 0.788 bits per heavy atom. The molecule has 3 N–H and O–H groups in total. The van der Waals surface area contributed by atoms with E-state index in [1.54, 1.807) is 14.1 Å². The number of carboxylic acid groups (broad SMARTS) is 2. The van der Waals surface area contributed by atoms with Crippen LogP contribution in [0.3, 0.4) is 0 Å². The first-order chi connectivity index (χ1) is 15.4. The Labute approximate surface area is 193 Å². The van der Waals surface area contributed by atoms with Crippen LogP contribution in [0.25, 0.3) is 0 Å². The average molecular weight is 479 g/mol. The Morgan fingerprint density at radius 3 is 1.79 bits per heavy atom. The topological polar surface area (TPSA) is 160 Å². The predicted molar refractivity (Wildman–Crippen MR) is 118 cm³/mol. The normalized spacial score (nSPS) is 9.58. The summed E-state index contributed by atoms with van der Waals surface area (Å²) in [7, 11) is 5.74. The van der Waals surface area contributed by atoms with E-state index in [0.717, 1.165) is 12.1 Å². The predicted octanol–water partition coefficient (Wildman–Crippen LogP) is 2.27. The van der Waals surface area contributed by atoms with Gasteiger partial charge in [-0.1, -0.05) is 0 Å². The summed E-state index contributed by atoms with van der Waals surface area (Å²) in [6, 6.07) is 7.39. The first-order valence-corrected chi connectivity index (χ1v) is 9.33. The molecule has 176 valence electrons. The minimum absolute atomic E-state index is 0.0237. The number of aromatic carboxylic acids is 2. The van der Waals surface area contributed by atoms with E-state index >= 15 is 0 Å². The fraction of sp³-hybridized carbons (Fsp3) is 0.190. The van der Waals surface area contributed by atoms with Gasteiger partial charge in [0.15, 0.2) is 0 Å². The average Bonchev–Trinajstić information content (AvgIpc) is 2.77. The number of ether oxygens (including phenoxy) is 3. The van der Waals surface area contributed by atoms with Crippen molar-refractivity contribution in [3.8, 4) is 11.5 Å². The van der Waals surface area contributed by atoms with Crippen molar-refractivity contribution >= 4 is 41.3 Å². The lowest BCUT2D eigenvalue weighted by atomic mass is 10.1. The highest BCUT2D eigenvalue weighted by atomic mass is 32.1. The molecule has 0 saturated carbocycles. The first kappa shape index (κ1) is 26.8. The Kier molecular flexibility index (Phi) is 9.76. The lowest BCUT2D eigenvalue weighted by Crippen LogP contribution is -2.25. The molecule has 33 heavy (non-hydrogen) atoms. The van der Waals surface area contributed by atoms with Crippen LogP contribution in [-0.2, 0) is 9.47 Å². The van der Waals surface area contributed by atoms with Crippen LogP contribution in [0, 0.1) is 0 Å². The van der Waals surface area contributed by atoms with Crippen molar-refractivity contribution in [3.63, 3.8) is 0 Å². The smallest absolute Gasteiger partial charge is 0.338 e. The molecular weight excluding hydrogens is 458 g/mol. The molecule has 0 aromatic heterocycles. The van der Waals surface area contributed by atoms with Crippen LogP contribution < -0.4 is 4.74 Å². The molecule has 0 spiro atoms. The second kappa shape index (κ2) is 12.0. The number of phenols is 1. The fourth-order valence-electron chi connectivity index (χ4n) is 2.24. The summed E-state index contributed by atoms with van der Waals surface area (Å²) in [5.41, 5.74) is -0.612. The van der Waals surface area contributed by atoms with Crippen molar-refractivity contribution in [2.24, 2.45) is 0 Å². The number of esters is 2. The van der Waals surface area contributed by atoms with Gasteiger partial charge in [0, 0.05) is 14.1 Å². The number of thiocarbonyl (C=S) groups is 1. The number of nitrogens with zero attached hydrogens (tertiary/aromatic N) is 1. The molecule has 2 rings (SSSR count). The van der Waals surface area contributed by atoms with Crippen molar-refractivity contribution in [1.29, 1.82) is 0 Å². The molecule has 0 heterocycles. The van der Waals surface area contributed by atoms with Gasteiger partial charge in [-0.25, -0.2) is 19.2 Å². The maximum absolute atomic E-state index is 11.3. The maximum atomic E-state index is 11.3. The lowest BCUT2D eigenvalue weighted by molar-refractivity contribution is 0.0555. The highest BCUT2D eigenvalue weighted by Crippen LogP contribution is 2.19. The van der Waals surface area contributed by atoms with Crippen molar-refractivity contribution < 1.29 is 48.7 Å². The van der Waals surface area contributed by atoms with Gasteiger partial charge in [0.2, 0.25) is 0 Å². The molecule has 0 aliphatic carbocycles. The van der Waals surface area contributed by atoms with E-state index in [1.165, 1.54) is 43.4 Å². The van der Waals surface area contributed by atoms with Gasteiger partial charge in [0.1, 0.15) is 11.5 Å². The van der Waals surface area contributed by atoms with Crippen LogP contribution >= 0.6 is 12.2 Å². The molecule has 2 aromatic rings. The van der Waals surface area contributed by atoms with Crippen molar-refractivity contribution in [3.05, 3.63) is 58.7 Å². The summed E-state index contributed by atoms with van der Waals surface area (Å²) < 4.78 is 14.2. The molecule has 0 atom stereocenters. The Bertz CT molecular complexity index is 1080. The Morgan fingerprint density at radius 2 is 1.30 bits per heavy atom. The SMILES string of the molecule is CN(C)C(=S)Oc1ccc(C(=O)O)c(C(=O)O)c1.COC(=O)c1ccc(O)cc1C(=O)OC. The number of carbonyl (C=O) groups excluding carboxylic acids is 2. The summed E-state index contributed by atoms with van der Waals surface area (Å²) in [5, 5.41) is 27.1. The number of methoxy groups -OCH3 is 2. The molecule has 0 amide bonds. The molecule has 0 radical (unpaired) electrons. The van der Waals surface area contributed by atoms with E-state index in [0.29, 0.717) is 0 Å². The van der Waals surface area contributed by atoms with Crippen LogP contribution in [0.1, 0.15) is 41.4 Å². The second-order valence-electron chi connectivity index (χ2n) is 6.29. The lowest BCUT2D eigenvalue weighted by Gasteiger charge is -2.14. The minimum atomic E-state index is -1.34. The van der Waals surface area contributed by atoms with E-state index < -0.39 is 23.9 Å². The van der Waals surface area contributed by atoms with E-state index in [-0.39, 0.29) is 38.9 Å². The Balaban J connectivity index is 0.000000335. The van der Waals surface area contributed by atoms with E-state index in [2.05, 4.69) is 9.47 Å². The van der Waals surface area contributed by atoms with Crippen LogP contribution in [-0.4, -0.2) is 77.6 Å². The number of hydrogen-bond acceptors (Lipinski definition) is 9. The third-order valence-electron chi connectivity index (χ3n) is 3.84. The zero-order valence-corrected chi connectivity index (χ0v) is 18.8. The molecule has 0 unspecified atom stereocenters. The number of rotatable bonds is 5. The monoisotopic (exact) mass is 479 g/mol. The molecule has 11 nitrogen and oxygen atoms in total. The molecular formula is C21H21NO10S. The van der Waals surface area contributed by atoms with Crippen molar-refractivity contribution in [1.82, 2.24) is 4.90 Å². The van der Waals surface area contributed by atoms with Gasteiger partial charge in [-0.05, 0) is 48.6 Å². The van der Waals surface area contributed by atoms with Crippen LogP contribution in [0.15, 0.2) is 36.4 Å². The Hall–Kier alpha value is -4.19. The third-order valence-corrected chi connectivity index (χ3v) is 4.28. The number of carboxylic acids is 2. The molecule has 0 saturated heterocycles. The number of hydrogen-bond donors (Lipinski definition) is 3. The largest absolute Gasteiger partial charge is 0.508 e. The van der Waals surface area contributed by atoms with Gasteiger partial charge in [-0.3, -0.25) is 0 Å². The van der Waals surface area contributed by atoms with E-state index in [4.69, 9.17) is 27.2 Å². The number of carbonyl (C=O) groups is 4. The van der Waals surface area contributed by atoms with Gasteiger partial charge < -0.3 is 34.4 Å². The van der Waals surface area contributed by atoms with E-state index in [9.17, 15) is 24.3 Å². The standard InChI is InChI=1S/C11H11NO5S.C10H10O5/c1-12(2)11(18)17-6-3-4-7(9(13)14)8(5-6)10(15)16;1-14-9(12)7-4-3-6(11)5-8(7)10(13)15-2/h3-5H,1-2H3,(H,13,14)(H,15,16);3-5,11H,1-2H3. The van der Waals surface area contributed by atoms with Crippen molar-refractivity contribution in [2.45, 2.75) is 0 Å². The van der Waals surface area contributed by atoms with Crippen molar-refractivity contribution in [2.75, 3.05) is 28.3 Å². The molecule has 0 aliphatic heterocycles. The van der Waals surface area contributed by atoms with Gasteiger partial charge in [-0.2, -0.15) is 0 Å². The summed E-state index contributed by atoms with van der Waals surface area (Å²) in [5.74, 6) is -3.95. The summed E-state index contributed by atoms with van der Waals surface area (Å²) in [6.45, 7) is 0. The van der Waals surface area contributed by atoms with Gasteiger partial charge in [-0.15, -0.1) is 0 Å². The zero-order valence-electron chi connectivity index (χ0n) is 18.0. The highest BCUT2D eigenvalue weighted by Gasteiger charge is 2.19. The molecule has 12 heteroatoms. The number of phenolic OH excluding ortho intramolecular Hbond substituents is 1. The second-order valence-corrected chi connectivity index (χ2v) is 6.64. The van der Waals surface area contributed by atoms with Gasteiger partial charge >= 0.3 is 23.9 Å². The van der Waals surface area contributed by atoms with Crippen LogP contribution in [0.2, 0.25) is 0 Å². The quantitative estimate of drug-likeness (QED) is 0.425. The number of benzene rings is 2. The van der Waals surface area contributed by atoms with Gasteiger partial charge in [0.25, 0.3) is 5.17 Å². The molecule has 0 fully saturated rings. The summed E-state index contributed by atoms with van der Waals surface area (Å²) >= 11 is 4.89.